The summed E-state index contributed by atoms with van der Waals surface area (Å²) in [7, 11) is 0. The van der Waals surface area contributed by atoms with Crippen LogP contribution in [-0.2, 0) is 4.79 Å². The number of aryl methyl sites for hydroxylation is 2. The van der Waals surface area contributed by atoms with Gasteiger partial charge in [0.05, 0.1) is 5.75 Å². The number of nitrogens with one attached hydrogen (secondary N) is 1. The molecule has 0 aliphatic carbocycles. The second kappa shape index (κ2) is 7.36. The van der Waals surface area contributed by atoms with Gasteiger partial charge in [0.15, 0.2) is 5.16 Å². The molecule has 0 aliphatic rings. The van der Waals surface area contributed by atoms with Crippen molar-refractivity contribution >= 4 is 17.7 Å². The molecular formula is C13H21N3OS. The van der Waals surface area contributed by atoms with Crippen molar-refractivity contribution in [2.45, 2.75) is 51.7 Å². The normalized spacial score (nSPS) is 10.7. The second-order valence-corrected chi connectivity index (χ2v) is 5.25. The third-order valence-electron chi connectivity index (χ3n) is 2.64. The van der Waals surface area contributed by atoms with E-state index in [-0.39, 0.29) is 11.9 Å². The van der Waals surface area contributed by atoms with Crippen LogP contribution >= 0.6 is 11.8 Å². The first-order valence-corrected chi connectivity index (χ1v) is 7.28. The molecule has 1 rings (SSSR count). The molecule has 0 fully saturated rings. The molecule has 0 aliphatic heterocycles. The van der Waals surface area contributed by atoms with E-state index in [4.69, 9.17) is 0 Å². The molecule has 5 heteroatoms. The smallest absolute Gasteiger partial charge is 0.230 e. The second-order valence-electron chi connectivity index (χ2n) is 4.30. The zero-order chi connectivity index (χ0) is 13.5. The summed E-state index contributed by atoms with van der Waals surface area (Å²) in [5.41, 5.74) is 1.87. The van der Waals surface area contributed by atoms with Crippen molar-refractivity contribution in [2.75, 3.05) is 5.75 Å². The van der Waals surface area contributed by atoms with Crippen LogP contribution in [0.25, 0.3) is 0 Å². The first kappa shape index (κ1) is 15.0. The third kappa shape index (κ3) is 5.04. The first-order chi connectivity index (χ1) is 8.55. The maximum Gasteiger partial charge on any atom is 0.230 e. The maximum atomic E-state index is 11.7. The third-order valence-corrected chi connectivity index (χ3v) is 3.49. The molecule has 1 aromatic rings. The van der Waals surface area contributed by atoms with E-state index in [0.29, 0.717) is 10.9 Å². The quantitative estimate of drug-likeness (QED) is 0.635. The molecule has 1 aromatic heterocycles. The van der Waals surface area contributed by atoms with Gasteiger partial charge in [-0.25, -0.2) is 9.97 Å². The van der Waals surface area contributed by atoms with Crippen molar-refractivity contribution in [3.63, 3.8) is 0 Å². The van der Waals surface area contributed by atoms with Gasteiger partial charge < -0.3 is 5.32 Å². The predicted octanol–water partition coefficient (Wildman–Crippen LogP) is 2.49. The summed E-state index contributed by atoms with van der Waals surface area (Å²) in [4.78, 5) is 20.3. The van der Waals surface area contributed by atoms with Gasteiger partial charge in [0.25, 0.3) is 0 Å². The molecule has 0 saturated carbocycles. The maximum absolute atomic E-state index is 11.7. The van der Waals surface area contributed by atoms with Crippen LogP contribution in [0.3, 0.4) is 0 Å². The fourth-order valence-electron chi connectivity index (χ4n) is 1.65. The number of hydrogen-bond acceptors (Lipinski definition) is 4. The lowest BCUT2D eigenvalue weighted by atomic mass is 10.2. The molecule has 0 bridgehead atoms. The van der Waals surface area contributed by atoms with E-state index in [0.717, 1.165) is 24.2 Å². The molecule has 4 nitrogen and oxygen atoms in total. The van der Waals surface area contributed by atoms with Crippen molar-refractivity contribution in [3.05, 3.63) is 17.5 Å². The lowest BCUT2D eigenvalue weighted by Crippen LogP contribution is -2.35. The Hall–Kier alpha value is -1.10. The molecule has 0 radical (unpaired) electrons. The molecule has 0 spiro atoms. The average Bonchev–Trinajstić information content (AvgIpc) is 2.32. The number of carbonyl (C=O) groups excluding carboxylic acids is 1. The van der Waals surface area contributed by atoms with Crippen LogP contribution in [-0.4, -0.2) is 27.7 Å². The van der Waals surface area contributed by atoms with Crippen molar-refractivity contribution in [3.8, 4) is 0 Å². The van der Waals surface area contributed by atoms with Gasteiger partial charge >= 0.3 is 0 Å². The largest absolute Gasteiger partial charge is 0.353 e. The summed E-state index contributed by atoms with van der Waals surface area (Å²) in [5, 5.41) is 3.67. The van der Waals surface area contributed by atoms with Crippen molar-refractivity contribution < 1.29 is 4.79 Å². The lowest BCUT2D eigenvalue weighted by Gasteiger charge is -2.14. The predicted molar refractivity (Wildman–Crippen MR) is 74.7 cm³/mol. The Morgan fingerprint density at radius 1 is 1.28 bits per heavy atom. The van der Waals surface area contributed by atoms with Crippen LogP contribution < -0.4 is 5.32 Å². The number of rotatable bonds is 6. The van der Waals surface area contributed by atoms with Crippen LogP contribution in [0.2, 0.25) is 0 Å². The Morgan fingerprint density at radius 2 is 1.83 bits per heavy atom. The van der Waals surface area contributed by atoms with Gasteiger partial charge in [0.2, 0.25) is 5.91 Å². The highest BCUT2D eigenvalue weighted by Gasteiger charge is 2.09. The minimum Gasteiger partial charge on any atom is -0.353 e. The van der Waals surface area contributed by atoms with E-state index in [1.165, 1.54) is 11.8 Å². The van der Waals surface area contributed by atoms with E-state index in [1.54, 1.807) is 0 Å². The van der Waals surface area contributed by atoms with Crippen LogP contribution in [0.15, 0.2) is 11.2 Å². The Labute approximate surface area is 113 Å². The number of aromatic nitrogens is 2. The van der Waals surface area contributed by atoms with Gasteiger partial charge in [0, 0.05) is 17.4 Å². The zero-order valence-corrected chi connectivity index (χ0v) is 12.3. The van der Waals surface area contributed by atoms with Crippen molar-refractivity contribution in [2.24, 2.45) is 0 Å². The summed E-state index contributed by atoms with van der Waals surface area (Å²) in [6, 6.07) is 2.20. The summed E-state index contributed by atoms with van der Waals surface area (Å²) in [6.45, 7) is 8.02. The number of thioether (sulfide) groups is 1. The summed E-state index contributed by atoms with van der Waals surface area (Å²) < 4.78 is 0. The molecule has 18 heavy (non-hydrogen) atoms. The Morgan fingerprint density at radius 3 is 2.33 bits per heavy atom. The fourth-order valence-corrected chi connectivity index (χ4v) is 2.41. The van der Waals surface area contributed by atoms with Gasteiger partial charge in [-0.3, -0.25) is 4.79 Å². The fraction of sp³-hybridized carbons (Fsp3) is 0.615. The monoisotopic (exact) mass is 267 g/mol. The SMILES string of the molecule is CCC(CC)NC(=O)CSc1nc(C)cc(C)n1. The molecule has 0 saturated heterocycles. The van der Waals surface area contributed by atoms with Gasteiger partial charge in [-0.1, -0.05) is 25.6 Å². The Bertz CT molecular complexity index is 385. The number of amides is 1. The molecule has 0 unspecified atom stereocenters. The molecule has 0 aromatic carbocycles. The number of carbonyl (C=O) groups is 1. The highest BCUT2D eigenvalue weighted by Crippen LogP contribution is 2.13. The summed E-state index contributed by atoms with van der Waals surface area (Å²) in [6.07, 6.45) is 1.93. The zero-order valence-electron chi connectivity index (χ0n) is 11.5. The van der Waals surface area contributed by atoms with Crippen LogP contribution in [0.5, 0.6) is 0 Å². The topological polar surface area (TPSA) is 54.9 Å². The van der Waals surface area contributed by atoms with Crippen molar-refractivity contribution in [1.82, 2.24) is 15.3 Å². The van der Waals surface area contributed by atoms with Crippen molar-refractivity contribution in [1.29, 1.82) is 0 Å². The van der Waals surface area contributed by atoms with E-state index >= 15 is 0 Å². The molecule has 1 N–H and O–H groups in total. The van der Waals surface area contributed by atoms with Gasteiger partial charge in [-0.15, -0.1) is 0 Å². The molecule has 1 heterocycles. The molecule has 100 valence electrons. The number of hydrogen-bond donors (Lipinski definition) is 1. The standard InChI is InChI=1S/C13H21N3OS/c1-5-11(6-2)16-12(17)8-18-13-14-9(3)7-10(4)15-13/h7,11H,5-6,8H2,1-4H3,(H,16,17). The highest BCUT2D eigenvalue weighted by molar-refractivity contribution is 7.99. The number of nitrogens with zero attached hydrogens (tertiary/aromatic N) is 2. The summed E-state index contributed by atoms with van der Waals surface area (Å²) >= 11 is 1.39. The van der Waals surface area contributed by atoms with E-state index < -0.39 is 0 Å². The molecule has 0 atom stereocenters. The van der Waals surface area contributed by atoms with Gasteiger partial charge in [-0.05, 0) is 32.8 Å². The molecular weight excluding hydrogens is 246 g/mol. The van der Waals surface area contributed by atoms with Crippen LogP contribution in [0.4, 0.5) is 0 Å². The van der Waals surface area contributed by atoms with E-state index in [2.05, 4.69) is 29.1 Å². The molecule has 1 amide bonds. The van der Waals surface area contributed by atoms with Crippen LogP contribution in [0, 0.1) is 13.8 Å². The summed E-state index contributed by atoms with van der Waals surface area (Å²) in [5.74, 6) is 0.427. The van der Waals surface area contributed by atoms with Gasteiger partial charge in [0.1, 0.15) is 0 Å². The van der Waals surface area contributed by atoms with Crippen LogP contribution in [0.1, 0.15) is 38.1 Å². The average molecular weight is 267 g/mol. The Kier molecular flexibility index (Phi) is 6.12. The minimum atomic E-state index is 0.0523. The van der Waals surface area contributed by atoms with Gasteiger partial charge in [-0.2, -0.15) is 0 Å². The minimum absolute atomic E-state index is 0.0523. The highest BCUT2D eigenvalue weighted by atomic mass is 32.2. The Balaban J connectivity index is 2.47. The lowest BCUT2D eigenvalue weighted by molar-refractivity contribution is -0.119. The van der Waals surface area contributed by atoms with E-state index in [1.807, 2.05) is 19.9 Å². The first-order valence-electron chi connectivity index (χ1n) is 6.29. The van der Waals surface area contributed by atoms with E-state index in [9.17, 15) is 4.79 Å².